The molecule has 0 fully saturated rings. The summed E-state index contributed by atoms with van der Waals surface area (Å²) >= 11 is 0. The molecule has 7 nitrogen and oxygen atoms in total. The van der Waals surface area contributed by atoms with Gasteiger partial charge in [0.15, 0.2) is 0 Å². The monoisotopic (exact) mass is 381 g/mol. The van der Waals surface area contributed by atoms with Crippen LogP contribution in [0, 0.1) is 0 Å². The molecule has 0 saturated heterocycles. The quantitative estimate of drug-likeness (QED) is 0.481. The molecule has 7 heteroatoms. The lowest BCUT2D eigenvalue weighted by atomic mass is 10.2. The van der Waals surface area contributed by atoms with Gasteiger partial charge in [0, 0.05) is 25.5 Å². The molecule has 2 aromatic carbocycles. The molecule has 0 aromatic heterocycles. The molecule has 0 saturated carbocycles. The van der Waals surface area contributed by atoms with Crippen LogP contribution in [0.15, 0.2) is 60.7 Å². The molecule has 0 heterocycles. The zero-order valence-electron chi connectivity index (χ0n) is 15.6. The van der Waals surface area contributed by atoms with Gasteiger partial charge >= 0.3 is 0 Å². The molecule has 0 atom stereocenters. The minimum absolute atomic E-state index is 0.0247. The average molecular weight is 381 g/mol. The van der Waals surface area contributed by atoms with Crippen LogP contribution >= 0.6 is 0 Å². The standard InChI is InChI=1S/C21H23N3O4/c1-28-18-10-7-16(8-11-18)9-12-20(26)23-24-21(27)14-13-19(25)22-15-17-5-3-2-4-6-17/h2-12H,13-15H2,1H3,(H,22,25)(H,23,26)(H,24,27). The van der Waals surface area contributed by atoms with Crippen LogP contribution in [-0.4, -0.2) is 24.8 Å². The average Bonchev–Trinajstić information content (AvgIpc) is 2.74. The molecule has 0 radical (unpaired) electrons. The summed E-state index contributed by atoms with van der Waals surface area (Å²) in [6.07, 6.45) is 2.92. The number of ether oxygens (including phenoxy) is 1. The highest BCUT2D eigenvalue weighted by Crippen LogP contribution is 2.12. The van der Waals surface area contributed by atoms with Crippen LogP contribution in [0.4, 0.5) is 0 Å². The van der Waals surface area contributed by atoms with E-state index in [2.05, 4.69) is 16.2 Å². The van der Waals surface area contributed by atoms with Gasteiger partial charge in [0.2, 0.25) is 11.8 Å². The molecule has 3 amide bonds. The van der Waals surface area contributed by atoms with E-state index in [1.807, 2.05) is 30.3 Å². The Morgan fingerprint density at radius 2 is 1.57 bits per heavy atom. The molecule has 2 rings (SSSR count). The smallest absolute Gasteiger partial charge is 0.262 e. The second kappa shape index (κ2) is 11.2. The van der Waals surface area contributed by atoms with Gasteiger partial charge in [0.05, 0.1) is 7.11 Å². The third-order valence-electron chi connectivity index (χ3n) is 3.78. The van der Waals surface area contributed by atoms with Crippen LogP contribution in [0.1, 0.15) is 24.0 Å². The van der Waals surface area contributed by atoms with Crippen molar-refractivity contribution in [3.8, 4) is 5.75 Å². The van der Waals surface area contributed by atoms with E-state index in [4.69, 9.17) is 4.74 Å². The van der Waals surface area contributed by atoms with Gasteiger partial charge in [-0.15, -0.1) is 0 Å². The molecule has 0 bridgehead atoms. The Morgan fingerprint density at radius 3 is 2.25 bits per heavy atom. The number of hydrogen-bond acceptors (Lipinski definition) is 4. The highest BCUT2D eigenvalue weighted by Gasteiger charge is 2.07. The second-order valence-corrected chi connectivity index (χ2v) is 5.91. The number of hydrazine groups is 1. The summed E-state index contributed by atoms with van der Waals surface area (Å²) < 4.78 is 5.06. The highest BCUT2D eigenvalue weighted by atomic mass is 16.5. The van der Waals surface area contributed by atoms with E-state index >= 15 is 0 Å². The van der Waals surface area contributed by atoms with Crippen LogP contribution in [-0.2, 0) is 20.9 Å². The zero-order chi connectivity index (χ0) is 20.2. The molecule has 0 aliphatic rings. The van der Waals surface area contributed by atoms with Crippen molar-refractivity contribution in [1.82, 2.24) is 16.2 Å². The van der Waals surface area contributed by atoms with Crippen molar-refractivity contribution in [2.24, 2.45) is 0 Å². The summed E-state index contributed by atoms with van der Waals surface area (Å²) in [7, 11) is 1.58. The molecule has 0 aliphatic carbocycles. The first-order valence-corrected chi connectivity index (χ1v) is 8.78. The van der Waals surface area contributed by atoms with E-state index in [1.165, 1.54) is 6.08 Å². The van der Waals surface area contributed by atoms with Crippen molar-refractivity contribution >= 4 is 23.8 Å². The predicted molar refractivity (Wildman–Crippen MR) is 106 cm³/mol. The molecular formula is C21H23N3O4. The first-order chi connectivity index (χ1) is 13.6. The second-order valence-electron chi connectivity index (χ2n) is 5.91. The van der Waals surface area contributed by atoms with E-state index in [9.17, 15) is 14.4 Å². The maximum absolute atomic E-state index is 11.8. The fraction of sp³-hybridized carbons (Fsp3) is 0.190. The van der Waals surface area contributed by atoms with E-state index in [-0.39, 0.29) is 18.7 Å². The van der Waals surface area contributed by atoms with Gasteiger partial charge in [0.25, 0.3) is 5.91 Å². The molecular weight excluding hydrogens is 358 g/mol. The lowest BCUT2D eigenvalue weighted by Crippen LogP contribution is -2.41. The number of rotatable bonds is 8. The van der Waals surface area contributed by atoms with Crippen LogP contribution < -0.4 is 20.9 Å². The number of hydrogen-bond donors (Lipinski definition) is 3. The van der Waals surface area contributed by atoms with Crippen molar-refractivity contribution < 1.29 is 19.1 Å². The Balaban J connectivity index is 1.63. The van der Waals surface area contributed by atoms with E-state index in [0.29, 0.717) is 6.54 Å². The van der Waals surface area contributed by atoms with Crippen LogP contribution in [0.5, 0.6) is 5.75 Å². The summed E-state index contributed by atoms with van der Waals surface area (Å²) in [4.78, 5) is 35.2. The lowest BCUT2D eigenvalue weighted by Gasteiger charge is -2.07. The van der Waals surface area contributed by atoms with Gasteiger partial charge in [0.1, 0.15) is 5.75 Å². The van der Waals surface area contributed by atoms with Gasteiger partial charge in [-0.05, 0) is 29.3 Å². The normalized spacial score (nSPS) is 10.3. The Labute approximate surface area is 163 Å². The minimum Gasteiger partial charge on any atom is -0.497 e. The third kappa shape index (κ3) is 7.74. The van der Waals surface area contributed by atoms with Crippen molar-refractivity contribution in [1.29, 1.82) is 0 Å². The van der Waals surface area contributed by atoms with Crippen molar-refractivity contribution in [3.63, 3.8) is 0 Å². The maximum atomic E-state index is 11.8. The van der Waals surface area contributed by atoms with E-state index < -0.39 is 11.8 Å². The molecule has 146 valence electrons. The largest absolute Gasteiger partial charge is 0.497 e. The number of carbonyl (C=O) groups excluding carboxylic acids is 3. The number of nitrogens with one attached hydrogen (secondary N) is 3. The van der Waals surface area contributed by atoms with Gasteiger partial charge in [-0.1, -0.05) is 42.5 Å². The first kappa shape index (κ1) is 20.7. The molecule has 3 N–H and O–H groups in total. The summed E-state index contributed by atoms with van der Waals surface area (Å²) in [5, 5.41) is 2.74. The summed E-state index contributed by atoms with van der Waals surface area (Å²) in [6, 6.07) is 16.6. The van der Waals surface area contributed by atoms with E-state index in [1.54, 1.807) is 37.5 Å². The molecule has 28 heavy (non-hydrogen) atoms. The Kier molecular flexibility index (Phi) is 8.26. The van der Waals surface area contributed by atoms with Gasteiger partial charge in [-0.3, -0.25) is 25.2 Å². The number of methoxy groups -OCH3 is 1. The summed E-state index contributed by atoms with van der Waals surface area (Å²) in [5.41, 5.74) is 6.35. The Bertz CT molecular complexity index is 817. The molecule has 0 aliphatic heterocycles. The predicted octanol–water partition coefficient (Wildman–Crippen LogP) is 1.95. The van der Waals surface area contributed by atoms with Crippen LogP contribution in [0.3, 0.4) is 0 Å². The summed E-state index contributed by atoms with van der Waals surface area (Å²) in [6.45, 7) is 0.411. The lowest BCUT2D eigenvalue weighted by molar-refractivity contribution is -0.129. The van der Waals surface area contributed by atoms with Gasteiger partial charge in [-0.25, -0.2) is 0 Å². The molecule has 0 spiro atoms. The maximum Gasteiger partial charge on any atom is 0.262 e. The number of benzene rings is 2. The first-order valence-electron chi connectivity index (χ1n) is 8.78. The molecule has 2 aromatic rings. The van der Waals surface area contributed by atoms with Gasteiger partial charge < -0.3 is 10.1 Å². The third-order valence-corrected chi connectivity index (χ3v) is 3.78. The van der Waals surface area contributed by atoms with Gasteiger partial charge in [-0.2, -0.15) is 0 Å². The minimum atomic E-state index is -0.474. The number of amides is 3. The number of carbonyl (C=O) groups is 3. The fourth-order valence-corrected chi connectivity index (χ4v) is 2.23. The van der Waals surface area contributed by atoms with Crippen molar-refractivity contribution in [2.75, 3.05) is 7.11 Å². The Morgan fingerprint density at radius 1 is 0.893 bits per heavy atom. The topological polar surface area (TPSA) is 96.5 Å². The van der Waals surface area contributed by atoms with Crippen molar-refractivity contribution in [3.05, 3.63) is 71.8 Å². The summed E-state index contributed by atoms with van der Waals surface area (Å²) in [5.74, 6) is -0.426. The van der Waals surface area contributed by atoms with Crippen LogP contribution in [0.2, 0.25) is 0 Å². The SMILES string of the molecule is COc1ccc(C=CC(=O)NNC(=O)CCC(=O)NCc2ccccc2)cc1. The zero-order valence-corrected chi connectivity index (χ0v) is 15.6. The highest BCUT2D eigenvalue weighted by molar-refractivity contribution is 5.93. The Hall–Kier alpha value is -3.61. The van der Waals surface area contributed by atoms with Crippen LogP contribution in [0.25, 0.3) is 6.08 Å². The van der Waals surface area contributed by atoms with E-state index in [0.717, 1.165) is 16.9 Å². The molecule has 0 unspecified atom stereocenters. The fourth-order valence-electron chi connectivity index (χ4n) is 2.23. The van der Waals surface area contributed by atoms with Crippen molar-refractivity contribution in [2.45, 2.75) is 19.4 Å².